The number of benzene rings is 2. The molecule has 0 aliphatic carbocycles. The SMILES string of the molecule is CSc1ccc(Oc2cc(N)ccc2C(=O)O)cc1. The van der Waals surface area contributed by atoms with Gasteiger partial charge in [0.2, 0.25) is 0 Å². The summed E-state index contributed by atoms with van der Waals surface area (Å²) in [6, 6.07) is 11.9. The number of rotatable bonds is 4. The second-order valence-electron chi connectivity index (χ2n) is 3.84. The fourth-order valence-corrected chi connectivity index (χ4v) is 1.98. The fourth-order valence-electron chi connectivity index (χ4n) is 1.57. The highest BCUT2D eigenvalue weighted by molar-refractivity contribution is 7.98. The number of hydrogen-bond acceptors (Lipinski definition) is 4. The Morgan fingerprint density at radius 2 is 1.89 bits per heavy atom. The van der Waals surface area contributed by atoms with E-state index in [9.17, 15) is 4.79 Å². The zero-order chi connectivity index (χ0) is 13.8. The van der Waals surface area contributed by atoms with E-state index >= 15 is 0 Å². The van der Waals surface area contributed by atoms with Crippen LogP contribution in [-0.4, -0.2) is 17.3 Å². The van der Waals surface area contributed by atoms with Gasteiger partial charge in [-0.05, 0) is 42.7 Å². The molecular weight excluding hydrogens is 262 g/mol. The van der Waals surface area contributed by atoms with Crippen molar-refractivity contribution in [3.63, 3.8) is 0 Å². The lowest BCUT2D eigenvalue weighted by Crippen LogP contribution is -2.01. The van der Waals surface area contributed by atoms with Crippen molar-refractivity contribution in [2.75, 3.05) is 12.0 Å². The highest BCUT2D eigenvalue weighted by Crippen LogP contribution is 2.28. The monoisotopic (exact) mass is 275 g/mol. The molecule has 2 rings (SSSR count). The van der Waals surface area contributed by atoms with Crippen LogP contribution in [0.2, 0.25) is 0 Å². The minimum atomic E-state index is -1.05. The van der Waals surface area contributed by atoms with Gasteiger partial charge in [-0.1, -0.05) is 0 Å². The van der Waals surface area contributed by atoms with Crippen LogP contribution >= 0.6 is 11.8 Å². The molecule has 0 aliphatic rings. The summed E-state index contributed by atoms with van der Waals surface area (Å²) in [7, 11) is 0. The van der Waals surface area contributed by atoms with Gasteiger partial charge in [0.25, 0.3) is 0 Å². The van der Waals surface area contributed by atoms with Gasteiger partial charge in [0.05, 0.1) is 0 Å². The molecule has 0 aliphatic heterocycles. The summed E-state index contributed by atoms with van der Waals surface area (Å²) >= 11 is 1.62. The van der Waals surface area contributed by atoms with Gasteiger partial charge < -0.3 is 15.6 Å². The number of ether oxygens (including phenoxy) is 1. The molecule has 0 radical (unpaired) electrons. The van der Waals surface area contributed by atoms with Crippen LogP contribution in [0.4, 0.5) is 5.69 Å². The Morgan fingerprint density at radius 1 is 1.21 bits per heavy atom. The normalized spacial score (nSPS) is 10.2. The van der Waals surface area contributed by atoms with E-state index in [0.717, 1.165) is 4.90 Å². The van der Waals surface area contributed by atoms with E-state index in [-0.39, 0.29) is 11.3 Å². The number of carbonyl (C=O) groups is 1. The van der Waals surface area contributed by atoms with Crippen LogP contribution in [-0.2, 0) is 0 Å². The Balaban J connectivity index is 2.31. The number of thioether (sulfide) groups is 1. The lowest BCUT2D eigenvalue weighted by molar-refractivity contribution is 0.0694. The average molecular weight is 275 g/mol. The van der Waals surface area contributed by atoms with Crippen LogP contribution in [0.15, 0.2) is 47.4 Å². The largest absolute Gasteiger partial charge is 0.478 e. The molecule has 0 aromatic heterocycles. The summed E-state index contributed by atoms with van der Waals surface area (Å²) < 4.78 is 5.58. The molecule has 98 valence electrons. The molecule has 3 N–H and O–H groups in total. The number of nitrogens with two attached hydrogens (primary N) is 1. The van der Waals surface area contributed by atoms with E-state index in [0.29, 0.717) is 11.4 Å². The molecule has 4 nitrogen and oxygen atoms in total. The third kappa shape index (κ3) is 3.20. The van der Waals surface area contributed by atoms with Crippen molar-refractivity contribution in [2.24, 2.45) is 0 Å². The van der Waals surface area contributed by atoms with E-state index in [2.05, 4.69) is 0 Å². The van der Waals surface area contributed by atoms with Gasteiger partial charge in [0.1, 0.15) is 17.1 Å². The molecule has 0 atom stereocenters. The second-order valence-corrected chi connectivity index (χ2v) is 4.72. The van der Waals surface area contributed by atoms with Crippen molar-refractivity contribution < 1.29 is 14.6 Å². The second kappa shape index (κ2) is 5.67. The van der Waals surface area contributed by atoms with E-state index in [1.54, 1.807) is 23.9 Å². The molecule has 0 saturated carbocycles. The quantitative estimate of drug-likeness (QED) is 0.660. The molecular formula is C14H13NO3S. The molecule has 0 saturated heterocycles. The maximum atomic E-state index is 11.1. The fraction of sp³-hybridized carbons (Fsp3) is 0.0714. The van der Waals surface area contributed by atoms with E-state index < -0.39 is 5.97 Å². The first-order valence-corrected chi connectivity index (χ1v) is 6.77. The van der Waals surface area contributed by atoms with Crippen molar-refractivity contribution in [1.29, 1.82) is 0 Å². The van der Waals surface area contributed by atoms with Gasteiger partial charge in [0, 0.05) is 16.6 Å². The van der Waals surface area contributed by atoms with E-state index in [1.165, 1.54) is 18.2 Å². The Morgan fingerprint density at radius 3 is 2.47 bits per heavy atom. The molecule has 5 heteroatoms. The number of aromatic carboxylic acids is 1. The van der Waals surface area contributed by atoms with Crippen LogP contribution in [0.25, 0.3) is 0 Å². The number of nitrogen functional groups attached to an aromatic ring is 1. The van der Waals surface area contributed by atoms with Crippen molar-refractivity contribution in [2.45, 2.75) is 4.90 Å². The first-order chi connectivity index (χ1) is 9.10. The van der Waals surface area contributed by atoms with E-state index in [1.807, 2.05) is 18.4 Å². The van der Waals surface area contributed by atoms with Gasteiger partial charge in [0.15, 0.2) is 0 Å². The highest BCUT2D eigenvalue weighted by Gasteiger charge is 2.12. The van der Waals surface area contributed by atoms with Crippen molar-refractivity contribution in [3.8, 4) is 11.5 Å². The predicted molar refractivity (Wildman–Crippen MR) is 76.1 cm³/mol. The smallest absolute Gasteiger partial charge is 0.339 e. The Hall–Kier alpha value is -2.14. The molecule has 19 heavy (non-hydrogen) atoms. The number of anilines is 1. The third-order valence-electron chi connectivity index (χ3n) is 2.52. The van der Waals surface area contributed by atoms with Crippen LogP contribution in [0.1, 0.15) is 10.4 Å². The van der Waals surface area contributed by atoms with Gasteiger partial charge in [-0.15, -0.1) is 11.8 Å². The predicted octanol–water partition coefficient (Wildman–Crippen LogP) is 3.48. The summed E-state index contributed by atoms with van der Waals surface area (Å²) in [5.74, 6) is -0.231. The standard InChI is InChI=1S/C14H13NO3S/c1-19-11-5-3-10(4-6-11)18-13-8-9(15)2-7-12(13)14(16)17/h2-8H,15H2,1H3,(H,16,17). The van der Waals surface area contributed by atoms with Gasteiger partial charge in [-0.25, -0.2) is 4.79 Å². The summed E-state index contributed by atoms with van der Waals surface area (Å²) in [5, 5.41) is 9.09. The van der Waals surface area contributed by atoms with Crippen LogP contribution in [0, 0.1) is 0 Å². The topological polar surface area (TPSA) is 72.5 Å². The molecule has 0 heterocycles. The first kappa shape index (κ1) is 13.3. The first-order valence-electron chi connectivity index (χ1n) is 5.55. The molecule has 0 spiro atoms. The highest BCUT2D eigenvalue weighted by atomic mass is 32.2. The number of hydrogen-bond donors (Lipinski definition) is 2. The summed E-state index contributed by atoms with van der Waals surface area (Å²) in [6.07, 6.45) is 1.98. The van der Waals surface area contributed by atoms with E-state index in [4.69, 9.17) is 15.6 Å². The molecule has 0 unspecified atom stereocenters. The van der Waals surface area contributed by atoms with Gasteiger partial charge >= 0.3 is 5.97 Å². The summed E-state index contributed by atoms with van der Waals surface area (Å²) in [4.78, 5) is 12.2. The Kier molecular flexibility index (Phi) is 3.97. The van der Waals surface area contributed by atoms with Crippen LogP contribution in [0.3, 0.4) is 0 Å². The molecule has 0 bridgehead atoms. The Bertz CT molecular complexity index is 596. The zero-order valence-electron chi connectivity index (χ0n) is 10.3. The van der Waals surface area contributed by atoms with Crippen molar-refractivity contribution in [1.82, 2.24) is 0 Å². The average Bonchev–Trinajstić information content (AvgIpc) is 2.39. The summed E-state index contributed by atoms with van der Waals surface area (Å²) in [6.45, 7) is 0. The maximum absolute atomic E-state index is 11.1. The molecule has 0 fully saturated rings. The lowest BCUT2D eigenvalue weighted by Gasteiger charge is -2.09. The summed E-state index contributed by atoms with van der Waals surface area (Å²) in [5.41, 5.74) is 6.20. The zero-order valence-corrected chi connectivity index (χ0v) is 11.1. The number of carboxylic acids is 1. The third-order valence-corrected chi connectivity index (χ3v) is 3.27. The molecule has 2 aromatic carbocycles. The maximum Gasteiger partial charge on any atom is 0.339 e. The van der Waals surface area contributed by atoms with Crippen molar-refractivity contribution >= 4 is 23.4 Å². The van der Waals surface area contributed by atoms with Gasteiger partial charge in [-0.2, -0.15) is 0 Å². The lowest BCUT2D eigenvalue weighted by atomic mass is 10.2. The Labute approximate surface area is 115 Å². The minimum Gasteiger partial charge on any atom is -0.478 e. The molecule has 2 aromatic rings. The molecule has 0 amide bonds. The number of carboxylic acid groups (broad SMARTS) is 1. The van der Waals surface area contributed by atoms with Gasteiger partial charge in [-0.3, -0.25) is 0 Å². The van der Waals surface area contributed by atoms with Crippen LogP contribution in [0.5, 0.6) is 11.5 Å². The van der Waals surface area contributed by atoms with Crippen molar-refractivity contribution in [3.05, 3.63) is 48.0 Å². The minimum absolute atomic E-state index is 0.0862. The van der Waals surface area contributed by atoms with Crippen LogP contribution < -0.4 is 10.5 Å².